The van der Waals surface area contributed by atoms with E-state index in [0.717, 1.165) is 18.4 Å². The zero-order valence-electron chi connectivity index (χ0n) is 15.2. The summed E-state index contributed by atoms with van der Waals surface area (Å²) < 4.78 is 5.42. The molecule has 2 rings (SSSR count). The van der Waals surface area contributed by atoms with Gasteiger partial charge in [-0.1, -0.05) is 30.3 Å². The van der Waals surface area contributed by atoms with Gasteiger partial charge in [0.25, 0.3) is 0 Å². The Kier molecular flexibility index (Phi) is 7.25. The fraction of sp³-hybridized carbons (Fsp3) is 0.579. The largest absolute Gasteiger partial charge is 0.445 e. The van der Waals surface area contributed by atoms with Crippen molar-refractivity contribution < 1.29 is 14.3 Å². The molecule has 6 nitrogen and oxygen atoms in total. The van der Waals surface area contributed by atoms with E-state index in [4.69, 9.17) is 10.5 Å². The van der Waals surface area contributed by atoms with Crippen LogP contribution in [-0.4, -0.2) is 54.0 Å². The third-order valence-corrected chi connectivity index (χ3v) is 4.54. The maximum atomic E-state index is 12.3. The Balaban J connectivity index is 1.84. The topological polar surface area (TPSA) is 75.9 Å². The van der Waals surface area contributed by atoms with Crippen LogP contribution >= 0.6 is 0 Å². The molecular weight excluding hydrogens is 318 g/mol. The molecular formula is C19H29N3O3. The van der Waals surface area contributed by atoms with Crippen molar-refractivity contribution in [1.29, 1.82) is 0 Å². The molecule has 0 aliphatic carbocycles. The van der Waals surface area contributed by atoms with Gasteiger partial charge in [-0.3, -0.25) is 4.79 Å². The van der Waals surface area contributed by atoms with Crippen molar-refractivity contribution >= 4 is 12.0 Å². The Morgan fingerprint density at radius 2 is 2.08 bits per heavy atom. The molecule has 2 amide bonds. The quantitative estimate of drug-likeness (QED) is 0.856. The van der Waals surface area contributed by atoms with Gasteiger partial charge in [-0.15, -0.1) is 0 Å². The van der Waals surface area contributed by atoms with E-state index in [1.807, 2.05) is 37.3 Å². The fourth-order valence-electron chi connectivity index (χ4n) is 3.17. The molecule has 6 heteroatoms. The van der Waals surface area contributed by atoms with Crippen molar-refractivity contribution in [2.45, 2.75) is 39.3 Å². The fourth-order valence-corrected chi connectivity index (χ4v) is 3.17. The van der Waals surface area contributed by atoms with E-state index in [-0.39, 0.29) is 24.5 Å². The third kappa shape index (κ3) is 5.74. The number of amides is 2. The standard InChI is InChI=1S/C19H29N3O3/c1-3-21(18(23)15(2)20)12-17-10-7-11-22(13-17)19(24)25-14-16-8-5-4-6-9-16/h4-6,8-9,15,17H,3,7,10-14,20H2,1-2H3/t15-,17?/m0/s1. The van der Waals surface area contributed by atoms with Crippen LogP contribution in [0.1, 0.15) is 32.3 Å². The van der Waals surface area contributed by atoms with Crippen molar-refractivity contribution in [3.63, 3.8) is 0 Å². The number of nitrogens with two attached hydrogens (primary N) is 1. The molecule has 1 aromatic carbocycles. The highest BCUT2D eigenvalue weighted by Gasteiger charge is 2.27. The first-order valence-corrected chi connectivity index (χ1v) is 9.01. The second kappa shape index (κ2) is 9.42. The van der Waals surface area contributed by atoms with Crippen molar-refractivity contribution in [2.75, 3.05) is 26.2 Å². The first-order chi connectivity index (χ1) is 12.0. The summed E-state index contributed by atoms with van der Waals surface area (Å²) in [5, 5.41) is 0. The number of likely N-dealkylation sites (tertiary alicyclic amines) is 1. The molecule has 0 saturated carbocycles. The number of benzene rings is 1. The van der Waals surface area contributed by atoms with E-state index in [9.17, 15) is 9.59 Å². The molecule has 1 unspecified atom stereocenters. The maximum absolute atomic E-state index is 12.3. The van der Waals surface area contributed by atoms with E-state index in [2.05, 4.69) is 0 Å². The van der Waals surface area contributed by atoms with Gasteiger partial charge in [0.2, 0.25) is 5.91 Å². The molecule has 25 heavy (non-hydrogen) atoms. The lowest BCUT2D eigenvalue weighted by Gasteiger charge is -2.35. The normalized spacial score (nSPS) is 18.5. The number of hydrogen-bond acceptors (Lipinski definition) is 4. The molecule has 1 aromatic rings. The van der Waals surface area contributed by atoms with E-state index in [0.29, 0.717) is 26.2 Å². The average molecular weight is 347 g/mol. The predicted octanol–water partition coefficient (Wildman–Crippen LogP) is 2.23. The minimum atomic E-state index is -0.490. The van der Waals surface area contributed by atoms with Gasteiger partial charge >= 0.3 is 6.09 Å². The highest BCUT2D eigenvalue weighted by atomic mass is 16.6. The molecule has 0 bridgehead atoms. The van der Waals surface area contributed by atoms with Crippen LogP contribution in [-0.2, 0) is 16.1 Å². The van der Waals surface area contributed by atoms with E-state index in [1.54, 1.807) is 16.7 Å². The average Bonchev–Trinajstić information content (AvgIpc) is 2.64. The van der Waals surface area contributed by atoms with Crippen LogP contribution < -0.4 is 5.73 Å². The van der Waals surface area contributed by atoms with Gasteiger partial charge in [0.05, 0.1) is 6.04 Å². The Bertz CT molecular complexity index is 562. The molecule has 1 aliphatic rings. The first-order valence-electron chi connectivity index (χ1n) is 9.01. The molecule has 1 fully saturated rings. The lowest BCUT2D eigenvalue weighted by Crippen LogP contribution is -2.48. The lowest BCUT2D eigenvalue weighted by atomic mass is 9.97. The summed E-state index contributed by atoms with van der Waals surface area (Å²) in [5.74, 6) is 0.229. The zero-order valence-corrected chi connectivity index (χ0v) is 15.2. The second-order valence-corrected chi connectivity index (χ2v) is 6.66. The highest BCUT2D eigenvalue weighted by Crippen LogP contribution is 2.19. The Morgan fingerprint density at radius 3 is 2.72 bits per heavy atom. The summed E-state index contributed by atoms with van der Waals surface area (Å²) in [6, 6.07) is 9.17. The molecule has 138 valence electrons. The van der Waals surface area contributed by atoms with Gasteiger partial charge in [-0.05, 0) is 38.2 Å². The van der Waals surface area contributed by atoms with Crippen LogP contribution in [0.15, 0.2) is 30.3 Å². The van der Waals surface area contributed by atoms with Crippen LogP contribution in [0.25, 0.3) is 0 Å². The minimum Gasteiger partial charge on any atom is -0.445 e. The summed E-state index contributed by atoms with van der Waals surface area (Å²) in [4.78, 5) is 28.0. The van der Waals surface area contributed by atoms with Crippen LogP contribution in [0.5, 0.6) is 0 Å². The van der Waals surface area contributed by atoms with Crippen molar-refractivity contribution in [2.24, 2.45) is 11.7 Å². The van der Waals surface area contributed by atoms with Gasteiger partial charge in [0.15, 0.2) is 0 Å². The van der Waals surface area contributed by atoms with Gasteiger partial charge in [0.1, 0.15) is 6.61 Å². The molecule has 0 spiro atoms. The summed E-state index contributed by atoms with van der Waals surface area (Å²) in [6.07, 6.45) is 1.65. The number of carbonyl (C=O) groups excluding carboxylic acids is 2. The molecule has 0 radical (unpaired) electrons. The highest BCUT2D eigenvalue weighted by molar-refractivity contribution is 5.81. The Labute approximate surface area is 149 Å². The molecule has 2 atom stereocenters. The molecule has 1 aliphatic heterocycles. The second-order valence-electron chi connectivity index (χ2n) is 6.66. The summed E-state index contributed by atoms with van der Waals surface area (Å²) in [5.41, 5.74) is 6.69. The van der Waals surface area contributed by atoms with E-state index >= 15 is 0 Å². The zero-order chi connectivity index (χ0) is 18.2. The molecule has 0 aromatic heterocycles. The predicted molar refractivity (Wildman–Crippen MR) is 96.8 cm³/mol. The van der Waals surface area contributed by atoms with Gasteiger partial charge in [0, 0.05) is 26.2 Å². The number of likely N-dealkylation sites (N-methyl/N-ethyl adjacent to an activating group) is 1. The number of piperidine rings is 1. The van der Waals surface area contributed by atoms with Crippen molar-refractivity contribution in [3.05, 3.63) is 35.9 Å². The first kappa shape index (κ1) is 19.2. The smallest absolute Gasteiger partial charge is 0.410 e. The molecule has 1 saturated heterocycles. The number of ether oxygens (including phenoxy) is 1. The number of rotatable bonds is 6. The Hall–Kier alpha value is -2.08. The van der Waals surface area contributed by atoms with Crippen molar-refractivity contribution in [3.8, 4) is 0 Å². The van der Waals surface area contributed by atoms with Gasteiger partial charge in [-0.2, -0.15) is 0 Å². The van der Waals surface area contributed by atoms with Crippen LogP contribution in [0.3, 0.4) is 0 Å². The van der Waals surface area contributed by atoms with E-state index < -0.39 is 6.04 Å². The minimum absolute atomic E-state index is 0.0359. The van der Waals surface area contributed by atoms with Gasteiger partial charge < -0.3 is 20.3 Å². The molecule has 1 heterocycles. The molecule has 2 N–H and O–H groups in total. The number of nitrogens with zero attached hydrogens (tertiary/aromatic N) is 2. The Morgan fingerprint density at radius 1 is 1.36 bits per heavy atom. The summed E-state index contributed by atoms with van der Waals surface area (Å²) in [6.45, 7) is 6.54. The summed E-state index contributed by atoms with van der Waals surface area (Å²) >= 11 is 0. The number of hydrogen-bond donors (Lipinski definition) is 1. The maximum Gasteiger partial charge on any atom is 0.410 e. The van der Waals surface area contributed by atoms with E-state index in [1.165, 1.54) is 0 Å². The lowest BCUT2D eigenvalue weighted by molar-refractivity contribution is -0.132. The monoisotopic (exact) mass is 347 g/mol. The van der Waals surface area contributed by atoms with Crippen LogP contribution in [0, 0.1) is 5.92 Å². The number of carbonyl (C=O) groups is 2. The van der Waals surface area contributed by atoms with Crippen LogP contribution in [0.2, 0.25) is 0 Å². The van der Waals surface area contributed by atoms with Crippen LogP contribution in [0.4, 0.5) is 4.79 Å². The summed E-state index contributed by atoms with van der Waals surface area (Å²) in [7, 11) is 0. The third-order valence-electron chi connectivity index (χ3n) is 4.54. The van der Waals surface area contributed by atoms with Crippen molar-refractivity contribution in [1.82, 2.24) is 9.80 Å². The van der Waals surface area contributed by atoms with Gasteiger partial charge in [-0.25, -0.2) is 4.79 Å². The SMILES string of the molecule is CCN(CC1CCCN(C(=O)OCc2ccccc2)C1)C(=O)[C@H](C)N.